The van der Waals surface area contributed by atoms with E-state index in [1.807, 2.05) is 6.08 Å². The van der Waals surface area contributed by atoms with Crippen molar-refractivity contribution < 1.29 is 0 Å². The third-order valence-corrected chi connectivity index (χ3v) is 4.00. The molecule has 1 nitrogen and oxygen atoms in total. The minimum atomic E-state index is 0.957. The summed E-state index contributed by atoms with van der Waals surface area (Å²) in [6.45, 7) is 8.11. The first kappa shape index (κ1) is 19.7. The predicted molar refractivity (Wildman–Crippen MR) is 93.4 cm³/mol. The predicted octanol–water partition coefficient (Wildman–Crippen LogP) is 6.24. The van der Waals surface area contributed by atoms with E-state index in [4.69, 9.17) is 0 Å². The molecule has 0 aliphatic heterocycles. The molecule has 0 rings (SSSR count). The lowest BCUT2D eigenvalue weighted by Crippen LogP contribution is -2.14. The summed E-state index contributed by atoms with van der Waals surface area (Å²) in [4.78, 5) is 0. The first-order valence-electron chi connectivity index (χ1n) is 9.23. The topological polar surface area (TPSA) is 12.0 Å². The molecule has 1 heteroatoms. The Bertz CT molecular complexity index is 177. The highest BCUT2D eigenvalue weighted by Crippen LogP contribution is 2.12. The Hall–Kier alpha value is -0.300. The molecule has 0 aliphatic rings. The van der Waals surface area contributed by atoms with Gasteiger partial charge < -0.3 is 5.32 Å². The Kier molecular flexibility index (Phi) is 18.4. The summed E-state index contributed by atoms with van der Waals surface area (Å²) in [7, 11) is 0. The van der Waals surface area contributed by atoms with Gasteiger partial charge in [0.05, 0.1) is 0 Å². The highest BCUT2D eigenvalue weighted by molar-refractivity contribution is 4.69. The van der Waals surface area contributed by atoms with Gasteiger partial charge in [-0.2, -0.15) is 0 Å². The number of hydrogen-bond donors (Lipinski definition) is 1. The lowest BCUT2D eigenvalue weighted by molar-refractivity contribution is 0.532. The molecule has 0 saturated carbocycles. The second-order valence-corrected chi connectivity index (χ2v) is 6.09. The molecule has 1 N–H and O–H groups in total. The van der Waals surface area contributed by atoms with Gasteiger partial charge in [0.1, 0.15) is 0 Å². The lowest BCUT2D eigenvalue weighted by Gasteiger charge is -2.03. The average molecular weight is 282 g/mol. The molecule has 0 fully saturated rings. The molecule has 0 heterocycles. The van der Waals surface area contributed by atoms with Gasteiger partial charge in [0.15, 0.2) is 0 Å². The molecule has 120 valence electrons. The molecule has 0 aliphatic carbocycles. The second-order valence-electron chi connectivity index (χ2n) is 6.09. The summed E-state index contributed by atoms with van der Waals surface area (Å²) in [6.07, 6.45) is 22.0. The van der Waals surface area contributed by atoms with Crippen molar-refractivity contribution >= 4 is 0 Å². The Labute approximate surface area is 128 Å². The summed E-state index contributed by atoms with van der Waals surface area (Å²) in [5.41, 5.74) is 0. The summed E-state index contributed by atoms with van der Waals surface area (Å²) in [5.74, 6) is 0. The van der Waals surface area contributed by atoms with Gasteiger partial charge in [0.2, 0.25) is 0 Å². The lowest BCUT2D eigenvalue weighted by atomic mass is 10.0. The maximum absolute atomic E-state index is 3.71. The molecule has 0 aromatic rings. The van der Waals surface area contributed by atoms with Crippen molar-refractivity contribution in [3.8, 4) is 0 Å². The summed E-state index contributed by atoms with van der Waals surface area (Å²) >= 11 is 0. The van der Waals surface area contributed by atoms with Crippen LogP contribution in [-0.2, 0) is 0 Å². The van der Waals surface area contributed by atoms with Crippen LogP contribution in [0.2, 0.25) is 0 Å². The van der Waals surface area contributed by atoms with Crippen LogP contribution in [0, 0.1) is 0 Å². The SMILES string of the molecule is C=CCNCCCCCCCCCCCCCCCC. The van der Waals surface area contributed by atoms with Crippen molar-refractivity contribution in [1.82, 2.24) is 5.32 Å². The largest absolute Gasteiger partial charge is 0.313 e. The van der Waals surface area contributed by atoms with Crippen LogP contribution in [0.4, 0.5) is 0 Å². The quantitative estimate of drug-likeness (QED) is 0.246. The third-order valence-electron chi connectivity index (χ3n) is 4.00. The van der Waals surface area contributed by atoms with E-state index in [1.54, 1.807) is 0 Å². The molecule has 0 aromatic carbocycles. The van der Waals surface area contributed by atoms with E-state index < -0.39 is 0 Å². The monoisotopic (exact) mass is 281 g/mol. The van der Waals surface area contributed by atoms with Gasteiger partial charge in [-0.15, -0.1) is 6.58 Å². The van der Waals surface area contributed by atoms with Crippen LogP contribution in [0.1, 0.15) is 96.8 Å². The molecule has 0 radical (unpaired) electrons. The van der Waals surface area contributed by atoms with Gasteiger partial charge in [0.25, 0.3) is 0 Å². The zero-order valence-electron chi connectivity index (χ0n) is 14.1. The maximum atomic E-state index is 3.71. The van der Waals surface area contributed by atoms with Crippen molar-refractivity contribution in [2.75, 3.05) is 13.1 Å². The van der Waals surface area contributed by atoms with Crippen molar-refractivity contribution in [1.29, 1.82) is 0 Å². The van der Waals surface area contributed by atoms with Crippen LogP contribution < -0.4 is 5.32 Å². The van der Waals surface area contributed by atoms with E-state index in [0.29, 0.717) is 0 Å². The van der Waals surface area contributed by atoms with E-state index in [2.05, 4.69) is 18.8 Å². The fourth-order valence-electron chi connectivity index (χ4n) is 2.65. The molecule has 0 saturated heterocycles. The van der Waals surface area contributed by atoms with Crippen LogP contribution in [0.3, 0.4) is 0 Å². The normalized spacial score (nSPS) is 10.8. The van der Waals surface area contributed by atoms with Crippen LogP contribution in [-0.4, -0.2) is 13.1 Å². The van der Waals surface area contributed by atoms with Gasteiger partial charge in [-0.3, -0.25) is 0 Å². The Morgan fingerprint density at radius 1 is 0.650 bits per heavy atom. The van der Waals surface area contributed by atoms with Crippen molar-refractivity contribution in [3.05, 3.63) is 12.7 Å². The standard InChI is InChI=1S/C19H39N/c1-3-5-6-7-8-9-10-11-12-13-14-15-16-17-19-20-18-4-2/h4,20H,2-3,5-19H2,1H3. The summed E-state index contributed by atoms with van der Waals surface area (Å²) < 4.78 is 0. The van der Waals surface area contributed by atoms with Crippen molar-refractivity contribution in [3.63, 3.8) is 0 Å². The van der Waals surface area contributed by atoms with Crippen LogP contribution in [0.15, 0.2) is 12.7 Å². The van der Waals surface area contributed by atoms with E-state index in [0.717, 1.165) is 13.1 Å². The zero-order valence-corrected chi connectivity index (χ0v) is 14.1. The fourth-order valence-corrected chi connectivity index (χ4v) is 2.65. The van der Waals surface area contributed by atoms with Crippen molar-refractivity contribution in [2.24, 2.45) is 0 Å². The minimum absolute atomic E-state index is 0.957. The Morgan fingerprint density at radius 2 is 1.05 bits per heavy atom. The number of rotatable bonds is 17. The second kappa shape index (κ2) is 18.7. The summed E-state index contributed by atoms with van der Waals surface area (Å²) in [6, 6.07) is 0. The average Bonchev–Trinajstić information content (AvgIpc) is 2.47. The fraction of sp³-hybridized carbons (Fsp3) is 0.895. The molecule has 0 spiro atoms. The molecule has 0 bridgehead atoms. The van der Waals surface area contributed by atoms with Crippen LogP contribution in [0.5, 0.6) is 0 Å². The van der Waals surface area contributed by atoms with Gasteiger partial charge in [-0.05, 0) is 13.0 Å². The first-order valence-corrected chi connectivity index (χ1v) is 9.23. The Balaban J connectivity index is 2.90. The minimum Gasteiger partial charge on any atom is -0.313 e. The molecular weight excluding hydrogens is 242 g/mol. The van der Waals surface area contributed by atoms with Gasteiger partial charge in [-0.25, -0.2) is 0 Å². The van der Waals surface area contributed by atoms with Crippen LogP contribution in [0.25, 0.3) is 0 Å². The molecule has 0 unspecified atom stereocenters. The van der Waals surface area contributed by atoms with E-state index >= 15 is 0 Å². The van der Waals surface area contributed by atoms with Gasteiger partial charge in [0, 0.05) is 6.54 Å². The van der Waals surface area contributed by atoms with E-state index in [9.17, 15) is 0 Å². The maximum Gasteiger partial charge on any atom is 0.0132 e. The van der Waals surface area contributed by atoms with Crippen molar-refractivity contribution in [2.45, 2.75) is 96.8 Å². The zero-order chi connectivity index (χ0) is 14.7. The number of nitrogens with one attached hydrogen (secondary N) is 1. The van der Waals surface area contributed by atoms with Crippen LogP contribution >= 0.6 is 0 Å². The first-order chi connectivity index (χ1) is 9.91. The molecule has 0 amide bonds. The summed E-state index contributed by atoms with van der Waals surface area (Å²) in [5, 5.41) is 3.36. The smallest absolute Gasteiger partial charge is 0.0132 e. The number of unbranched alkanes of at least 4 members (excludes halogenated alkanes) is 13. The molecule has 0 atom stereocenters. The molecule has 0 aromatic heterocycles. The Morgan fingerprint density at radius 3 is 1.45 bits per heavy atom. The number of hydrogen-bond acceptors (Lipinski definition) is 1. The van der Waals surface area contributed by atoms with E-state index in [-0.39, 0.29) is 0 Å². The van der Waals surface area contributed by atoms with Gasteiger partial charge >= 0.3 is 0 Å². The highest BCUT2D eigenvalue weighted by Gasteiger charge is 1.93. The van der Waals surface area contributed by atoms with E-state index in [1.165, 1.54) is 89.9 Å². The molecular formula is C19H39N. The third kappa shape index (κ3) is 17.7. The molecule has 20 heavy (non-hydrogen) atoms. The van der Waals surface area contributed by atoms with Gasteiger partial charge in [-0.1, -0.05) is 96.5 Å². The highest BCUT2D eigenvalue weighted by atomic mass is 14.8.